The number of nitrogens with one attached hydrogen (secondary N) is 2. The first kappa shape index (κ1) is 23.9. The van der Waals surface area contributed by atoms with Gasteiger partial charge in [-0.25, -0.2) is 0 Å². The van der Waals surface area contributed by atoms with Crippen LogP contribution < -0.4 is 10.6 Å². The molecule has 2 atom stereocenters. The van der Waals surface area contributed by atoms with E-state index in [4.69, 9.17) is 0 Å². The van der Waals surface area contributed by atoms with Gasteiger partial charge in [0.25, 0.3) is 5.91 Å². The molecule has 3 N–H and O–H groups in total. The van der Waals surface area contributed by atoms with Crippen LogP contribution in [0.3, 0.4) is 0 Å². The Hall–Kier alpha value is -3.77. The number of aliphatic hydroxyl groups excluding tert-OH is 1. The lowest BCUT2D eigenvalue weighted by molar-refractivity contribution is -0.124. The van der Waals surface area contributed by atoms with E-state index in [9.17, 15) is 19.5 Å². The number of carbonyl (C=O) groups is 3. The number of hydrogen-bond acceptors (Lipinski definition) is 4. The van der Waals surface area contributed by atoms with Crippen molar-refractivity contribution in [2.24, 2.45) is 0 Å². The highest BCUT2D eigenvalue weighted by Crippen LogP contribution is 2.10. The van der Waals surface area contributed by atoms with E-state index >= 15 is 0 Å². The van der Waals surface area contributed by atoms with E-state index in [0.29, 0.717) is 24.0 Å². The van der Waals surface area contributed by atoms with Gasteiger partial charge in [0.1, 0.15) is 6.04 Å². The Balaban J connectivity index is 1.71. The summed E-state index contributed by atoms with van der Waals surface area (Å²) in [5, 5.41) is 15.5. The fraction of sp³-hybridized carbons (Fsp3) is 0.222. The lowest BCUT2D eigenvalue weighted by Crippen LogP contribution is -2.52. The molecule has 3 rings (SSSR count). The van der Waals surface area contributed by atoms with Gasteiger partial charge in [-0.15, -0.1) is 0 Å². The minimum atomic E-state index is -0.811. The summed E-state index contributed by atoms with van der Waals surface area (Å²) >= 11 is 0. The van der Waals surface area contributed by atoms with Crippen molar-refractivity contribution in [2.45, 2.75) is 31.8 Å². The Morgan fingerprint density at radius 2 is 1.30 bits per heavy atom. The molecule has 0 aromatic heterocycles. The van der Waals surface area contributed by atoms with E-state index in [-0.39, 0.29) is 24.2 Å². The predicted molar refractivity (Wildman–Crippen MR) is 127 cm³/mol. The van der Waals surface area contributed by atoms with Crippen molar-refractivity contribution in [1.29, 1.82) is 0 Å². The highest BCUT2D eigenvalue weighted by atomic mass is 16.3. The molecule has 0 saturated carbocycles. The summed E-state index contributed by atoms with van der Waals surface area (Å²) in [7, 11) is 0. The second-order valence-corrected chi connectivity index (χ2v) is 7.93. The summed E-state index contributed by atoms with van der Waals surface area (Å²) in [6.07, 6.45) is 0.710. The number of rotatable bonds is 10. The number of hydrogen-bond donors (Lipinski definition) is 3. The molecule has 170 valence electrons. The number of Topliss-reactive ketones (excluding diaryl/α,β-unsaturated/α-hetero) is 1. The minimum absolute atomic E-state index is 0.0218. The highest BCUT2D eigenvalue weighted by molar-refractivity contribution is 5.97. The molecule has 0 fully saturated rings. The average molecular weight is 445 g/mol. The van der Waals surface area contributed by atoms with Gasteiger partial charge >= 0.3 is 0 Å². The topological polar surface area (TPSA) is 95.5 Å². The van der Waals surface area contributed by atoms with Crippen LogP contribution in [0.25, 0.3) is 0 Å². The number of benzene rings is 3. The minimum Gasteiger partial charge on any atom is -0.394 e. The van der Waals surface area contributed by atoms with Crippen molar-refractivity contribution in [2.75, 3.05) is 6.61 Å². The molecule has 6 nitrogen and oxygen atoms in total. The first-order chi connectivity index (χ1) is 16.0. The first-order valence-electron chi connectivity index (χ1n) is 10.9. The van der Waals surface area contributed by atoms with Crippen LogP contribution in [0.1, 0.15) is 38.8 Å². The quantitative estimate of drug-likeness (QED) is 0.419. The Labute approximate surface area is 193 Å². The third kappa shape index (κ3) is 7.12. The normalized spacial score (nSPS) is 12.4. The summed E-state index contributed by atoms with van der Waals surface area (Å²) in [5.41, 5.74) is 2.86. The summed E-state index contributed by atoms with van der Waals surface area (Å²) in [6.45, 7) is 1.24. The summed E-state index contributed by atoms with van der Waals surface area (Å²) < 4.78 is 0. The fourth-order valence-corrected chi connectivity index (χ4v) is 3.51. The monoisotopic (exact) mass is 444 g/mol. The standard InChI is InChI=1S/C27H28N2O4/c1-19(31)22-14-12-21(13-15-22)16-24(18-30)28-27(33)25(17-20-8-4-2-5-9-20)29-26(32)23-10-6-3-7-11-23/h2-15,24-25,30H,16-18H2,1H3,(H,28,33)(H,29,32). The van der Waals surface area contributed by atoms with Gasteiger partial charge in [0.05, 0.1) is 12.6 Å². The number of aliphatic hydroxyl groups is 1. The third-order valence-corrected chi connectivity index (χ3v) is 5.35. The number of ketones is 1. The second-order valence-electron chi connectivity index (χ2n) is 7.93. The van der Waals surface area contributed by atoms with Crippen LogP contribution in [0.15, 0.2) is 84.9 Å². The lowest BCUT2D eigenvalue weighted by atomic mass is 10.0. The van der Waals surface area contributed by atoms with E-state index in [1.165, 1.54) is 6.92 Å². The predicted octanol–water partition coefficient (Wildman–Crippen LogP) is 2.95. The van der Waals surface area contributed by atoms with E-state index in [1.807, 2.05) is 48.5 Å². The smallest absolute Gasteiger partial charge is 0.251 e. The molecule has 0 bridgehead atoms. The van der Waals surface area contributed by atoms with Crippen molar-refractivity contribution in [3.8, 4) is 0 Å². The zero-order valence-corrected chi connectivity index (χ0v) is 18.5. The molecule has 3 aromatic rings. The molecule has 0 aliphatic heterocycles. The van der Waals surface area contributed by atoms with Gasteiger partial charge in [0, 0.05) is 17.5 Å². The molecular weight excluding hydrogens is 416 g/mol. The molecule has 0 saturated heterocycles. The van der Waals surface area contributed by atoms with Crippen LogP contribution >= 0.6 is 0 Å². The molecule has 3 aromatic carbocycles. The Morgan fingerprint density at radius 1 is 0.727 bits per heavy atom. The fourth-order valence-electron chi connectivity index (χ4n) is 3.51. The summed E-state index contributed by atoms with van der Waals surface area (Å²) in [4.78, 5) is 37.3. The second kappa shape index (κ2) is 11.7. The molecular formula is C27H28N2O4. The summed E-state index contributed by atoms with van der Waals surface area (Å²) in [6, 6.07) is 23.9. The van der Waals surface area contributed by atoms with Crippen molar-refractivity contribution >= 4 is 17.6 Å². The molecule has 0 radical (unpaired) electrons. The largest absolute Gasteiger partial charge is 0.394 e. The van der Waals surface area contributed by atoms with Crippen molar-refractivity contribution in [3.63, 3.8) is 0 Å². The highest BCUT2D eigenvalue weighted by Gasteiger charge is 2.24. The van der Waals surface area contributed by atoms with E-state index in [1.54, 1.807) is 36.4 Å². The van der Waals surface area contributed by atoms with Crippen LogP contribution in [-0.4, -0.2) is 41.4 Å². The van der Waals surface area contributed by atoms with Gasteiger partial charge in [0.15, 0.2) is 5.78 Å². The SMILES string of the molecule is CC(=O)c1ccc(CC(CO)NC(=O)C(Cc2ccccc2)NC(=O)c2ccccc2)cc1. The Bertz CT molecular complexity index is 1070. The van der Waals surface area contributed by atoms with Gasteiger partial charge in [-0.3, -0.25) is 14.4 Å². The maximum atomic E-state index is 13.1. The van der Waals surface area contributed by atoms with Crippen LogP contribution in [0.4, 0.5) is 0 Å². The maximum absolute atomic E-state index is 13.1. The van der Waals surface area contributed by atoms with Crippen LogP contribution in [0, 0.1) is 0 Å². The number of amides is 2. The van der Waals surface area contributed by atoms with E-state index < -0.39 is 12.1 Å². The van der Waals surface area contributed by atoms with E-state index in [2.05, 4.69) is 10.6 Å². The third-order valence-electron chi connectivity index (χ3n) is 5.35. The maximum Gasteiger partial charge on any atom is 0.251 e. The van der Waals surface area contributed by atoms with Crippen LogP contribution in [-0.2, 0) is 17.6 Å². The Kier molecular flexibility index (Phi) is 8.49. The summed E-state index contributed by atoms with van der Waals surface area (Å²) in [5.74, 6) is -0.735. The molecule has 0 heterocycles. The molecule has 6 heteroatoms. The van der Waals surface area contributed by atoms with E-state index in [0.717, 1.165) is 11.1 Å². The van der Waals surface area contributed by atoms with Crippen molar-refractivity contribution < 1.29 is 19.5 Å². The molecule has 0 aliphatic rings. The molecule has 0 aliphatic carbocycles. The molecule has 2 amide bonds. The van der Waals surface area contributed by atoms with Gasteiger partial charge in [-0.05, 0) is 36.6 Å². The molecule has 0 spiro atoms. The first-order valence-corrected chi connectivity index (χ1v) is 10.9. The van der Waals surface area contributed by atoms with Gasteiger partial charge in [-0.2, -0.15) is 0 Å². The van der Waals surface area contributed by atoms with Gasteiger partial charge < -0.3 is 15.7 Å². The lowest BCUT2D eigenvalue weighted by Gasteiger charge is -2.23. The Morgan fingerprint density at radius 3 is 1.88 bits per heavy atom. The van der Waals surface area contributed by atoms with Crippen molar-refractivity contribution in [3.05, 3.63) is 107 Å². The molecule has 33 heavy (non-hydrogen) atoms. The van der Waals surface area contributed by atoms with Gasteiger partial charge in [-0.1, -0.05) is 72.8 Å². The average Bonchev–Trinajstić information content (AvgIpc) is 2.84. The van der Waals surface area contributed by atoms with Gasteiger partial charge in [0.2, 0.25) is 5.91 Å². The van der Waals surface area contributed by atoms with Crippen molar-refractivity contribution in [1.82, 2.24) is 10.6 Å². The zero-order valence-electron chi connectivity index (χ0n) is 18.5. The van der Waals surface area contributed by atoms with Crippen LogP contribution in [0.2, 0.25) is 0 Å². The van der Waals surface area contributed by atoms with Crippen LogP contribution in [0.5, 0.6) is 0 Å². The molecule has 2 unspecified atom stereocenters. The number of carbonyl (C=O) groups excluding carboxylic acids is 3. The zero-order chi connectivity index (χ0) is 23.6.